The number of hydrazine groups is 1. The summed E-state index contributed by atoms with van der Waals surface area (Å²) in [6.45, 7) is 3.70. The quantitative estimate of drug-likeness (QED) is 0.614. The molecule has 3 nitrogen and oxygen atoms in total. The molecule has 0 spiro atoms. The van der Waals surface area contributed by atoms with E-state index in [1.54, 1.807) is 12.1 Å². The molecular weight excluding hydrogens is 250 g/mol. The molecule has 1 unspecified atom stereocenters. The summed E-state index contributed by atoms with van der Waals surface area (Å²) in [7, 11) is 0. The van der Waals surface area contributed by atoms with Gasteiger partial charge < -0.3 is 4.74 Å². The fraction of sp³-hybridized carbons (Fsp3) is 0.571. The number of halogens is 2. The highest BCUT2D eigenvalue weighted by atomic mass is 19.3. The maximum atomic E-state index is 12.0. The monoisotopic (exact) mass is 272 g/mol. The second kappa shape index (κ2) is 6.82. The fourth-order valence-electron chi connectivity index (χ4n) is 1.81. The number of benzene rings is 1. The Labute approximate surface area is 113 Å². The molecule has 1 aromatic rings. The average Bonchev–Trinajstić information content (AvgIpc) is 2.29. The predicted molar refractivity (Wildman–Crippen MR) is 71.8 cm³/mol. The molecular formula is C14H22F2N2O. The highest BCUT2D eigenvalue weighted by Crippen LogP contribution is 2.28. The minimum atomic E-state index is -2.80. The molecule has 0 aromatic heterocycles. The predicted octanol–water partition coefficient (Wildman–Crippen LogP) is 3.62. The number of nitrogens with one attached hydrogen (secondary N) is 1. The molecule has 5 heteroatoms. The summed E-state index contributed by atoms with van der Waals surface area (Å²) in [6.07, 6.45) is 1.90. The van der Waals surface area contributed by atoms with Crippen LogP contribution >= 0.6 is 0 Å². The molecule has 0 radical (unpaired) electrons. The number of nitrogens with two attached hydrogens (primary N) is 1. The van der Waals surface area contributed by atoms with Crippen LogP contribution in [0.4, 0.5) is 8.78 Å². The molecule has 1 aromatic carbocycles. The Morgan fingerprint density at radius 2 is 1.79 bits per heavy atom. The normalized spacial score (nSPS) is 13.6. The summed E-state index contributed by atoms with van der Waals surface area (Å²) < 4.78 is 28.4. The lowest BCUT2D eigenvalue weighted by atomic mass is 9.87. The minimum absolute atomic E-state index is 0.0137. The van der Waals surface area contributed by atoms with E-state index < -0.39 is 6.61 Å². The SMILES string of the molecule is CC(C)(C)CCC(NN)c1ccc(OC(F)F)cc1. The second-order valence-electron chi connectivity index (χ2n) is 5.77. The Hall–Kier alpha value is -1.20. The Bertz CT molecular complexity index is 374. The zero-order valence-electron chi connectivity index (χ0n) is 11.6. The van der Waals surface area contributed by atoms with E-state index in [4.69, 9.17) is 5.84 Å². The van der Waals surface area contributed by atoms with Crippen molar-refractivity contribution in [2.75, 3.05) is 0 Å². The van der Waals surface area contributed by atoms with Gasteiger partial charge in [0.2, 0.25) is 0 Å². The Balaban J connectivity index is 2.66. The largest absolute Gasteiger partial charge is 0.435 e. The van der Waals surface area contributed by atoms with Gasteiger partial charge in [-0.3, -0.25) is 11.3 Å². The van der Waals surface area contributed by atoms with Gasteiger partial charge in [-0.15, -0.1) is 0 Å². The lowest BCUT2D eigenvalue weighted by Crippen LogP contribution is -2.28. The Morgan fingerprint density at radius 3 is 2.21 bits per heavy atom. The molecule has 0 heterocycles. The zero-order valence-corrected chi connectivity index (χ0v) is 11.6. The van der Waals surface area contributed by atoms with E-state index in [-0.39, 0.29) is 17.2 Å². The minimum Gasteiger partial charge on any atom is -0.435 e. The molecule has 1 atom stereocenters. The van der Waals surface area contributed by atoms with Crippen LogP contribution in [0.25, 0.3) is 0 Å². The van der Waals surface area contributed by atoms with E-state index in [2.05, 4.69) is 30.9 Å². The van der Waals surface area contributed by atoms with Gasteiger partial charge in [-0.1, -0.05) is 32.9 Å². The van der Waals surface area contributed by atoms with E-state index >= 15 is 0 Å². The van der Waals surface area contributed by atoms with Crippen molar-refractivity contribution in [1.82, 2.24) is 5.43 Å². The molecule has 0 aliphatic heterocycles. The van der Waals surface area contributed by atoms with Gasteiger partial charge in [-0.2, -0.15) is 8.78 Å². The summed E-state index contributed by atoms with van der Waals surface area (Å²) in [4.78, 5) is 0. The zero-order chi connectivity index (χ0) is 14.5. The summed E-state index contributed by atoms with van der Waals surface area (Å²) in [5, 5.41) is 0. The first-order valence-electron chi connectivity index (χ1n) is 6.33. The first kappa shape index (κ1) is 15.9. The van der Waals surface area contributed by atoms with Gasteiger partial charge >= 0.3 is 6.61 Å². The van der Waals surface area contributed by atoms with Gasteiger partial charge in [0.15, 0.2) is 0 Å². The first-order chi connectivity index (χ1) is 8.81. The molecule has 0 saturated carbocycles. The Kier molecular flexibility index (Phi) is 5.69. The van der Waals surface area contributed by atoms with Crippen molar-refractivity contribution in [3.63, 3.8) is 0 Å². The lowest BCUT2D eigenvalue weighted by molar-refractivity contribution is -0.0498. The van der Waals surface area contributed by atoms with Gasteiger partial charge in [0.25, 0.3) is 0 Å². The van der Waals surface area contributed by atoms with Crippen molar-refractivity contribution < 1.29 is 13.5 Å². The molecule has 108 valence electrons. The number of ether oxygens (including phenoxy) is 1. The molecule has 0 bridgehead atoms. The number of alkyl halides is 2. The van der Waals surface area contributed by atoms with Crippen molar-refractivity contribution >= 4 is 0 Å². The fourth-order valence-corrected chi connectivity index (χ4v) is 1.81. The molecule has 0 aliphatic carbocycles. The van der Waals surface area contributed by atoms with Crippen LogP contribution in [0.2, 0.25) is 0 Å². The summed E-state index contributed by atoms with van der Waals surface area (Å²) in [5.74, 6) is 5.71. The van der Waals surface area contributed by atoms with Crippen LogP contribution in [0.1, 0.15) is 45.2 Å². The highest BCUT2D eigenvalue weighted by molar-refractivity contribution is 5.29. The van der Waals surface area contributed by atoms with Crippen molar-refractivity contribution in [1.29, 1.82) is 0 Å². The second-order valence-corrected chi connectivity index (χ2v) is 5.77. The third kappa shape index (κ3) is 5.98. The van der Waals surface area contributed by atoms with Gasteiger partial charge in [0.05, 0.1) is 0 Å². The van der Waals surface area contributed by atoms with E-state index in [0.717, 1.165) is 18.4 Å². The van der Waals surface area contributed by atoms with Gasteiger partial charge in [-0.25, -0.2) is 0 Å². The average molecular weight is 272 g/mol. The third-order valence-electron chi connectivity index (χ3n) is 2.89. The van der Waals surface area contributed by atoms with Crippen molar-refractivity contribution in [3.8, 4) is 5.75 Å². The van der Waals surface area contributed by atoms with Crippen LogP contribution < -0.4 is 16.0 Å². The van der Waals surface area contributed by atoms with Crippen LogP contribution in [0, 0.1) is 5.41 Å². The van der Waals surface area contributed by atoms with E-state index in [1.807, 2.05) is 0 Å². The van der Waals surface area contributed by atoms with Crippen molar-refractivity contribution in [3.05, 3.63) is 29.8 Å². The molecule has 3 N–H and O–H groups in total. The molecule has 0 amide bonds. The molecule has 19 heavy (non-hydrogen) atoms. The van der Waals surface area contributed by atoms with Gasteiger partial charge in [0, 0.05) is 6.04 Å². The van der Waals surface area contributed by atoms with E-state index in [1.165, 1.54) is 12.1 Å². The topological polar surface area (TPSA) is 47.3 Å². The van der Waals surface area contributed by atoms with Crippen LogP contribution in [0.3, 0.4) is 0 Å². The maximum Gasteiger partial charge on any atom is 0.387 e. The van der Waals surface area contributed by atoms with E-state index in [0.29, 0.717) is 0 Å². The number of hydrogen-bond donors (Lipinski definition) is 2. The molecule has 0 aliphatic rings. The van der Waals surface area contributed by atoms with Gasteiger partial charge in [0.1, 0.15) is 5.75 Å². The van der Waals surface area contributed by atoms with Gasteiger partial charge in [-0.05, 0) is 36.0 Å². The van der Waals surface area contributed by atoms with Crippen molar-refractivity contribution in [2.45, 2.75) is 46.3 Å². The molecule has 0 saturated heterocycles. The summed E-state index contributed by atoms with van der Waals surface area (Å²) >= 11 is 0. The summed E-state index contributed by atoms with van der Waals surface area (Å²) in [6, 6.07) is 6.58. The number of rotatable bonds is 6. The highest BCUT2D eigenvalue weighted by Gasteiger charge is 2.16. The summed E-state index contributed by atoms with van der Waals surface area (Å²) in [5.41, 5.74) is 3.96. The van der Waals surface area contributed by atoms with Crippen molar-refractivity contribution in [2.24, 2.45) is 11.3 Å². The van der Waals surface area contributed by atoms with Crippen LogP contribution in [-0.4, -0.2) is 6.61 Å². The molecule has 0 fully saturated rings. The Morgan fingerprint density at radius 1 is 1.21 bits per heavy atom. The molecule has 1 rings (SSSR count). The smallest absolute Gasteiger partial charge is 0.387 e. The number of hydrogen-bond acceptors (Lipinski definition) is 3. The van der Waals surface area contributed by atoms with Crippen LogP contribution in [0.15, 0.2) is 24.3 Å². The van der Waals surface area contributed by atoms with Crippen LogP contribution in [-0.2, 0) is 0 Å². The first-order valence-corrected chi connectivity index (χ1v) is 6.33. The lowest BCUT2D eigenvalue weighted by Gasteiger charge is -2.23. The maximum absolute atomic E-state index is 12.0. The van der Waals surface area contributed by atoms with E-state index in [9.17, 15) is 8.78 Å². The standard InChI is InChI=1S/C14H22F2N2O/c1-14(2,3)9-8-12(18-17)10-4-6-11(7-5-10)19-13(15)16/h4-7,12-13,18H,8-9,17H2,1-3H3. The van der Waals surface area contributed by atoms with Crippen LogP contribution in [0.5, 0.6) is 5.75 Å². The third-order valence-corrected chi connectivity index (χ3v) is 2.89.